The van der Waals surface area contributed by atoms with E-state index in [1.165, 1.54) is 0 Å². The number of aromatic amines is 1. The fraction of sp³-hybridized carbons (Fsp3) is 0.190. The molecule has 0 radical (unpaired) electrons. The van der Waals surface area contributed by atoms with Crippen molar-refractivity contribution in [3.63, 3.8) is 0 Å². The Morgan fingerprint density at radius 2 is 2.19 bits per heavy atom. The Balaban J connectivity index is 1.67. The average Bonchev–Trinajstić information content (AvgIpc) is 3.12. The first-order valence-electron chi connectivity index (χ1n) is 8.69. The Kier molecular flexibility index (Phi) is 4.35. The van der Waals surface area contributed by atoms with Crippen LogP contribution < -0.4 is 9.47 Å². The number of carbonyl (C=O) groups excluding carboxylic acids is 1. The second-order valence-electron chi connectivity index (χ2n) is 6.13. The Morgan fingerprint density at radius 1 is 1.33 bits per heavy atom. The number of rotatable bonds is 5. The number of benzene rings is 2. The highest BCUT2D eigenvalue weighted by atomic mass is 16.5. The molecule has 134 valence electrons. The highest BCUT2D eigenvalue weighted by molar-refractivity contribution is 6.06. The van der Waals surface area contributed by atoms with Gasteiger partial charge in [-0.3, -0.25) is 4.79 Å². The van der Waals surface area contributed by atoms with Crippen LogP contribution >= 0.6 is 0 Å². The highest BCUT2D eigenvalue weighted by Crippen LogP contribution is 2.36. The minimum atomic E-state index is -1.01. The van der Waals surface area contributed by atoms with Crippen molar-refractivity contribution in [2.75, 3.05) is 13.2 Å². The summed E-state index contributed by atoms with van der Waals surface area (Å²) in [6.45, 7) is 2.52. The van der Waals surface area contributed by atoms with Crippen molar-refractivity contribution in [1.82, 2.24) is 9.97 Å². The molecule has 4 rings (SSSR count). The van der Waals surface area contributed by atoms with Crippen molar-refractivity contribution in [2.24, 2.45) is 0 Å². The van der Waals surface area contributed by atoms with Crippen LogP contribution in [0.25, 0.3) is 17.1 Å². The molecule has 2 aromatic carbocycles. The topological polar surface area (TPSA) is 88.0 Å². The molecule has 1 aliphatic rings. The number of ether oxygens (including phenoxy) is 2. The quantitative estimate of drug-likeness (QED) is 0.752. The van der Waals surface area contributed by atoms with E-state index in [1.807, 2.05) is 49.4 Å². The summed E-state index contributed by atoms with van der Waals surface area (Å²) in [5.41, 5.74) is 2.71. The third-order valence-corrected chi connectivity index (χ3v) is 4.40. The Labute approximate surface area is 156 Å². The van der Waals surface area contributed by atoms with Crippen molar-refractivity contribution in [1.29, 1.82) is 5.26 Å². The minimum Gasteiger partial charge on any atom is -0.490 e. The van der Waals surface area contributed by atoms with Gasteiger partial charge in [-0.25, -0.2) is 4.98 Å². The van der Waals surface area contributed by atoms with Gasteiger partial charge >= 0.3 is 0 Å². The average molecular weight is 359 g/mol. The number of ketones is 1. The van der Waals surface area contributed by atoms with Crippen LogP contribution in [0.1, 0.15) is 24.2 Å². The number of hydrogen-bond donors (Lipinski definition) is 1. The molecule has 0 saturated heterocycles. The van der Waals surface area contributed by atoms with Crippen LogP contribution in [0.3, 0.4) is 0 Å². The molecule has 0 aliphatic carbocycles. The predicted molar refractivity (Wildman–Crippen MR) is 101 cm³/mol. The van der Waals surface area contributed by atoms with E-state index in [1.54, 1.807) is 6.08 Å². The maximum Gasteiger partial charge on any atom is 0.187 e. The number of hydrogen-bond acceptors (Lipinski definition) is 5. The van der Waals surface area contributed by atoms with Crippen molar-refractivity contribution in [3.05, 3.63) is 59.4 Å². The molecule has 0 amide bonds. The second kappa shape index (κ2) is 6.96. The van der Waals surface area contributed by atoms with Crippen LogP contribution in [0, 0.1) is 11.3 Å². The largest absolute Gasteiger partial charge is 0.490 e. The molecule has 0 fully saturated rings. The molecule has 2 heterocycles. The van der Waals surface area contributed by atoms with E-state index >= 15 is 0 Å². The van der Waals surface area contributed by atoms with E-state index in [4.69, 9.17) is 9.47 Å². The number of Topliss-reactive ketones (excluding diaryl/α,β-unsaturated/α-hetero) is 1. The second-order valence-corrected chi connectivity index (χ2v) is 6.13. The molecule has 0 spiro atoms. The lowest BCUT2D eigenvalue weighted by molar-refractivity contribution is -0.116. The Hall–Kier alpha value is -3.59. The molecule has 1 aromatic heterocycles. The normalized spacial score (nSPS) is 13.9. The third kappa shape index (κ3) is 3.04. The molecule has 1 aliphatic heterocycles. The van der Waals surface area contributed by atoms with Crippen LogP contribution in [0.4, 0.5) is 0 Å². The first-order chi connectivity index (χ1) is 13.2. The zero-order chi connectivity index (χ0) is 18.8. The number of nitriles is 1. The van der Waals surface area contributed by atoms with Gasteiger partial charge in [0, 0.05) is 11.1 Å². The van der Waals surface area contributed by atoms with E-state index in [9.17, 15) is 10.1 Å². The van der Waals surface area contributed by atoms with Gasteiger partial charge in [0.2, 0.25) is 0 Å². The highest BCUT2D eigenvalue weighted by Gasteiger charge is 2.29. The van der Waals surface area contributed by atoms with Gasteiger partial charge in [0.1, 0.15) is 12.4 Å². The summed E-state index contributed by atoms with van der Waals surface area (Å²) in [5.74, 6) is 0.284. The molecule has 6 nitrogen and oxygen atoms in total. The standard InChI is InChI=1S/C21H17N3O3/c1-2-26-18-9-5-6-13-10-14(12-27-20(13)18)19(25)15(11-22)21-23-16-7-3-4-8-17(16)24-21/h3-10,15H,2,12H2,1H3,(H,23,24). The van der Waals surface area contributed by atoms with Crippen LogP contribution in [0.5, 0.6) is 11.5 Å². The maximum absolute atomic E-state index is 13.0. The van der Waals surface area contributed by atoms with Crippen LogP contribution in [-0.4, -0.2) is 29.0 Å². The fourth-order valence-corrected chi connectivity index (χ4v) is 3.13. The van der Waals surface area contributed by atoms with Crippen LogP contribution in [-0.2, 0) is 4.79 Å². The van der Waals surface area contributed by atoms with E-state index in [-0.39, 0.29) is 12.4 Å². The van der Waals surface area contributed by atoms with Gasteiger partial charge in [0.05, 0.1) is 23.7 Å². The number of nitrogens with zero attached hydrogens (tertiary/aromatic N) is 2. The van der Waals surface area contributed by atoms with Gasteiger partial charge in [-0.2, -0.15) is 5.26 Å². The third-order valence-electron chi connectivity index (χ3n) is 4.40. The number of fused-ring (bicyclic) bond motifs is 2. The number of imidazole rings is 1. The number of aromatic nitrogens is 2. The first kappa shape index (κ1) is 16.9. The summed E-state index contributed by atoms with van der Waals surface area (Å²) in [6.07, 6.45) is 1.76. The number of nitrogens with one attached hydrogen (secondary N) is 1. The summed E-state index contributed by atoms with van der Waals surface area (Å²) in [7, 11) is 0. The number of carbonyl (C=O) groups is 1. The summed E-state index contributed by atoms with van der Waals surface area (Å²) < 4.78 is 11.3. The van der Waals surface area contributed by atoms with Crippen molar-refractivity contribution in [3.8, 4) is 17.6 Å². The fourth-order valence-electron chi connectivity index (χ4n) is 3.13. The van der Waals surface area contributed by atoms with Crippen LogP contribution in [0.2, 0.25) is 0 Å². The number of para-hydroxylation sites is 3. The zero-order valence-electron chi connectivity index (χ0n) is 14.7. The van der Waals surface area contributed by atoms with Gasteiger partial charge in [-0.15, -0.1) is 0 Å². The SMILES string of the molecule is CCOc1cccc2c1OCC(C(=O)C(C#N)c1nc3ccccc3[nH]1)=C2. The molecular weight excluding hydrogens is 342 g/mol. The van der Waals surface area contributed by atoms with Crippen molar-refractivity contribution in [2.45, 2.75) is 12.8 Å². The Bertz CT molecular complexity index is 1060. The lowest BCUT2D eigenvalue weighted by atomic mass is 9.95. The summed E-state index contributed by atoms with van der Waals surface area (Å²) in [4.78, 5) is 20.4. The minimum absolute atomic E-state index is 0.0916. The molecule has 3 aromatic rings. The molecule has 1 N–H and O–H groups in total. The Morgan fingerprint density at radius 3 is 2.96 bits per heavy atom. The predicted octanol–water partition coefficient (Wildman–Crippen LogP) is 3.61. The lowest BCUT2D eigenvalue weighted by Gasteiger charge is -2.20. The molecule has 1 unspecified atom stereocenters. The van der Waals surface area contributed by atoms with Crippen molar-refractivity contribution >= 4 is 22.9 Å². The number of H-pyrrole nitrogens is 1. The monoisotopic (exact) mass is 359 g/mol. The van der Waals surface area contributed by atoms with E-state index in [2.05, 4.69) is 16.0 Å². The maximum atomic E-state index is 13.0. The molecular formula is C21H17N3O3. The van der Waals surface area contributed by atoms with Gasteiger partial charge < -0.3 is 14.5 Å². The molecule has 1 atom stereocenters. The van der Waals surface area contributed by atoms with E-state index in [0.29, 0.717) is 29.5 Å². The van der Waals surface area contributed by atoms with Gasteiger partial charge in [-0.05, 0) is 31.2 Å². The van der Waals surface area contributed by atoms with Gasteiger partial charge in [-0.1, -0.05) is 24.3 Å². The lowest BCUT2D eigenvalue weighted by Crippen LogP contribution is -2.21. The summed E-state index contributed by atoms with van der Waals surface area (Å²) in [5, 5.41) is 9.60. The van der Waals surface area contributed by atoms with E-state index in [0.717, 1.165) is 16.6 Å². The van der Waals surface area contributed by atoms with Crippen molar-refractivity contribution < 1.29 is 14.3 Å². The molecule has 0 saturated carbocycles. The summed E-state index contributed by atoms with van der Waals surface area (Å²) >= 11 is 0. The first-order valence-corrected chi connectivity index (χ1v) is 8.69. The zero-order valence-corrected chi connectivity index (χ0v) is 14.7. The van der Waals surface area contributed by atoms with E-state index < -0.39 is 5.92 Å². The molecule has 27 heavy (non-hydrogen) atoms. The molecule has 0 bridgehead atoms. The van der Waals surface area contributed by atoms with Gasteiger partial charge in [0.25, 0.3) is 0 Å². The van der Waals surface area contributed by atoms with Crippen LogP contribution in [0.15, 0.2) is 48.0 Å². The molecule has 6 heteroatoms. The smallest absolute Gasteiger partial charge is 0.187 e. The van der Waals surface area contributed by atoms with Gasteiger partial charge in [0.15, 0.2) is 23.2 Å². The summed E-state index contributed by atoms with van der Waals surface area (Å²) in [6, 6.07) is 15.0.